The number of methoxy groups -OCH3 is 1. The highest BCUT2D eigenvalue weighted by molar-refractivity contribution is 5.95. The van der Waals surface area contributed by atoms with Crippen LogP contribution in [0.2, 0.25) is 0 Å². The number of rotatable bonds is 5. The summed E-state index contributed by atoms with van der Waals surface area (Å²) in [5, 5.41) is 0. The average Bonchev–Trinajstić information content (AvgIpc) is 3.24. The molecule has 3 aromatic rings. The van der Waals surface area contributed by atoms with Gasteiger partial charge < -0.3 is 18.3 Å². The van der Waals surface area contributed by atoms with Crippen molar-refractivity contribution in [2.45, 2.75) is 6.92 Å². The van der Waals surface area contributed by atoms with E-state index in [9.17, 15) is 4.79 Å². The molecule has 23 heavy (non-hydrogen) atoms. The van der Waals surface area contributed by atoms with Gasteiger partial charge in [-0.05, 0) is 42.8 Å². The molecule has 5 heteroatoms. The minimum absolute atomic E-state index is 0.156. The van der Waals surface area contributed by atoms with Crippen LogP contribution in [0.1, 0.15) is 17.5 Å². The minimum Gasteiger partial charge on any atom is -0.497 e. The van der Waals surface area contributed by atoms with Gasteiger partial charge in [0.05, 0.1) is 20.0 Å². The van der Waals surface area contributed by atoms with Gasteiger partial charge in [0.2, 0.25) is 5.76 Å². The fourth-order valence-electron chi connectivity index (χ4n) is 2.26. The standard InChI is InChI=1S/C18H16O5/c1-3-21-18(19)17-14(12-6-8-13(20-2)9-7-12)11-16(23-17)15-5-4-10-22-15/h4-11H,3H2,1-2H3. The van der Waals surface area contributed by atoms with Crippen molar-refractivity contribution in [2.24, 2.45) is 0 Å². The molecule has 1 aromatic carbocycles. The number of benzene rings is 1. The van der Waals surface area contributed by atoms with Gasteiger partial charge in [0, 0.05) is 5.56 Å². The van der Waals surface area contributed by atoms with E-state index in [1.165, 1.54) is 0 Å². The maximum atomic E-state index is 12.2. The summed E-state index contributed by atoms with van der Waals surface area (Å²) in [6, 6.07) is 12.7. The first-order valence-corrected chi connectivity index (χ1v) is 7.22. The molecule has 0 unspecified atom stereocenters. The number of furan rings is 2. The number of esters is 1. The lowest BCUT2D eigenvalue weighted by molar-refractivity contribution is 0.0492. The molecule has 0 aliphatic rings. The van der Waals surface area contributed by atoms with Crippen LogP contribution < -0.4 is 4.74 Å². The van der Waals surface area contributed by atoms with Crippen molar-refractivity contribution in [2.75, 3.05) is 13.7 Å². The molecule has 0 spiro atoms. The molecule has 0 atom stereocenters. The predicted octanol–water partition coefficient (Wildman–Crippen LogP) is 4.39. The van der Waals surface area contributed by atoms with Crippen molar-refractivity contribution in [1.82, 2.24) is 0 Å². The third kappa shape index (κ3) is 2.99. The number of hydrogen-bond acceptors (Lipinski definition) is 5. The quantitative estimate of drug-likeness (QED) is 0.654. The molecule has 0 saturated carbocycles. The Bertz CT molecular complexity index is 781. The molecule has 0 fully saturated rings. The fraction of sp³-hybridized carbons (Fsp3) is 0.167. The molecule has 0 N–H and O–H groups in total. The van der Waals surface area contributed by atoms with E-state index >= 15 is 0 Å². The van der Waals surface area contributed by atoms with Crippen molar-refractivity contribution in [3.8, 4) is 28.4 Å². The fourth-order valence-corrected chi connectivity index (χ4v) is 2.26. The molecular weight excluding hydrogens is 296 g/mol. The van der Waals surface area contributed by atoms with Crippen molar-refractivity contribution in [1.29, 1.82) is 0 Å². The summed E-state index contributed by atoms with van der Waals surface area (Å²) in [4.78, 5) is 12.2. The lowest BCUT2D eigenvalue weighted by Gasteiger charge is -2.04. The van der Waals surface area contributed by atoms with Crippen LogP contribution in [0.25, 0.3) is 22.6 Å². The van der Waals surface area contributed by atoms with Crippen LogP contribution >= 0.6 is 0 Å². The Labute approximate surface area is 133 Å². The van der Waals surface area contributed by atoms with Crippen molar-refractivity contribution in [3.63, 3.8) is 0 Å². The largest absolute Gasteiger partial charge is 0.497 e. The lowest BCUT2D eigenvalue weighted by atomic mass is 10.1. The zero-order valence-corrected chi connectivity index (χ0v) is 12.9. The summed E-state index contributed by atoms with van der Waals surface area (Å²) in [5.41, 5.74) is 1.48. The molecule has 5 nitrogen and oxygen atoms in total. The number of carbonyl (C=O) groups excluding carboxylic acids is 1. The highest BCUT2D eigenvalue weighted by atomic mass is 16.5. The Balaban J connectivity index is 2.07. The third-order valence-electron chi connectivity index (χ3n) is 3.36. The molecule has 0 aliphatic carbocycles. The van der Waals surface area contributed by atoms with E-state index in [1.54, 1.807) is 38.5 Å². The SMILES string of the molecule is CCOC(=O)c1oc(-c2ccco2)cc1-c1ccc(OC)cc1. The van der Waals surface area contributed by atoms with Crippen LogP contribution in [0, 0.1) is 0 Å². The zero-order valence-electron chi connectivity index (χ0n) is 12.9. The van der Waals surface area contributed by atoms with Crippen LogP contribution in [-0.2, 0) is 4.74 Å². The normalized spacial score (nSPS) is 10.5. The molecule has 0 aliphatic heterocycles. The maximum absolute atomic E-state index is 12.2. The number of carbonyl (C=O) groups is 1. The maximum Gasteiger partial charge on any atom is 0.374 e. The average molecular weight is 312 g/mol. The van der Waals surface area contributed by atoms with Gasteiger partial charge in [-0.2, -0.15) is 0 Å². The minimum atomic E-state index is -0.504. The predicted molar refractivity (Wildman–Crippen MR) is 84.4 cm³/mol. The molecule has 0 saturated heterocycles. The second-order valence-corrected chi connectivity index (χ2v) is 4.78. The van der Waals surface area contributed by atoms with Crippen LogP contribution in [-0.4, -0.2) is 19.7 Å². The third-order valence-corrected chi connectivity index (χ3v) is 3.36. The van der Waals surface area contributed by atoms with Gasteiger partial charge in [-0.25, -0.2) is 4.79 Å². The molecule has 0 bridgehead atoms. The first-order chi connectivity index (χ1) is 11.2. The van der Waals surface area contributed by atoms with Crippen molar-refractivity contribution in [3.05, 3.63) is 54.5 Å². The highest BCUT2D eigenvalue weighted by Gasteiger charge is 2.22. The van der Waals surface area contributed by atoms with Gasteiger partial charge in [0.1, 0.15) is 5.75 Å². The second kappa shape index (κ2) is 6.44. The Hall–Kier alpha value is -2.95. The van der Waals surface area contributed by atoms with E-state index in [0.717, 1.165) is 11.3 Å². The van der Waals surface area contributed by atoms with E-state index in [2.05, 4.69) is 0 Å². The monoisotopic (exact) mass is 312 g/mol. The van der Waals surface area contributed by atoms with E-state index in [0.29, 0.717) is 17.1 Å². The van der Waals surface area contributed by atoms with Gasteiger partial charge in [-0.15, -0.1) is 0 Å². The first kappa shape index (κ1) is 15.0. The summed E-state index contributed by atoms with van der Waals surface area (Å²) in [5.74, 6) is 1.42. The van der Waals surface area contributed by atoms with Crippen molar-refractivity contribution >= 4 is 5.97 Å². The summed E-state index contributed by atoms with van der Waals surface area (Å²) < 4.78 is 21.3. The Morgan fingerprint density at radius 1 is 1.13 bits per heavy atom. The number of hydrogen-bond donors (Lipinski definition) is 0. The van der Waals surface area contributed by atoms with Gasteiger partial charge in [-0.3, -0.25) is 0 Å². The van der Waals surface area contributed by atoms with Crippen molar-refractivity contribution < 1.29 is 23.1 Å². The van der Waals surface area contributed by atoms with Crippen LogP contribution in [0.3, 0.4) is 0 Å². The van der Waals surface area contributed by atoms with Gasteiger partial charge in [0.15, 0.2) is 11.5 Å². The molecule has 0 amide bonds. The molecule has 2 heterocycles. The molecule has 0 radical (unpaired) electrons. The lowest BCUT2D eigenvalue weighted by Crippen LogP contribution is -2.04. The zero-order chi connectivity index (χ0) is 16.2. The van der Waals surface area contributed by atoms with Crippen LogP contribution in [0.5, 0.6) is 5.75 Å². The smallest absolute Gasteiger partial charge is 0.374 e. The van der Waals surface area contributed by atoms with Gasteiger partial charge in [-0.1, -0.05) is 12.1 Å². The summed E-state index contributed by atoms with van der Waals surface area (Å²) >= 11 is 0. The van der Waals surface area contributed by atoms with Gasteiger partial charge in [0.25, 0.3) is 0 Å². The highest BCUT2D eigenvalue weighted by Crippen LogP contribution is 2.34. The first-order valence-electron chi connectivity index (χ1n) is 7.22. The van der Waals surface area contributed by atoms with Gasteiger partial charge >= 0.3 is 5.97 Å². The summed E-state index contributed by atoms with van der Waals surface area (Å²) in [6.45, 7) is 2.03. The topological polar surface area (TPSA) is 61.8 Å². The van der Waals surface area contributed by atoms with E-state index in [-0.39, 0.29) is 12.4 Å². The summed E-state index contributed by atoms with van der Waals surface area (Å²) in [6.07, 6.45) is 1.55. The summed E-state index contributed by atoms with van der Waals surface area (Å²) in [7, 11) is 1.60. The van der Waals surface area contributed by atoms with E-state index in [4.69, 9.17) is 18.3 Å². The molecule has 118 valence electrons. The molecular formula is C18H16O5. The Morgan fingerprint density at radius 2 is 1.91 bits per heavy atom. The Kier molecular flexibility index (Phi) is 4.19. The van der Waals surface area contributed by atoms with Crippen LogP contribution in [0.4, 0.5) is 0 Å². The molecule has 2 aromatic heterocycles. The van der Waals surface area contributed by atoms with E-state index < -0.39 is 5.97 Å². The Morgan fingerprint density at radius 3 is 2.52 bits per heavy atom. The second-order valence-electron chi connectivity index (χ2n) is 4.78. The van der Waals surface area contributed by atoms with E-state index in [1.807, 2.05) is 24.3 Å². The number of ether oxygens (including phenoxy) is 2. The van der Waals surface area contributed by atoms with Crippen LogP contribution in [0.15, 0.2) is 57.6 Å². The molecule has 3 rings (SSSR count).